The Morgan fingerprint density at radius 2 is 1.59 bits per heavy atom. The Bertz CT molecular complexity index is 1300. The predicted octanol–water partition coefficient (Wildman–Crippen LogP) is 5.24. The van der Waals surface area contributed by atoms with Crippen molar-refractivity contribution in [3.63, 3.8) is 0 Å². The van der Waals surface area contributed by atoms with Crippen LogP contribution in [0.15, 0.2) is 42.5 Å². The summed E-state index contributed by atoms with van der Waals surface area (Å²) in [7, 11) is 1.53. The van der Waals surface area contributed by atoms with Gasteiger partial charge in [-0.1, -0.05) is 27.7 Å². The summed E-state index contributed by atoms with van der Waals surface area (Å²) in [4.78, 5) is 29.6. The maximum Gasteiger partial charge on any atom is 0.410 e. The molecule has 0 bridgehead atoms. The van der Waals surface area contributed by atoms with Crippen molar-refractivity contribution in [2.24, 2.45) is 10.8 Å². The number of carbonyl (C=O) groups excluding carboxylic acids is 2. The van der Waals surface area contributed by atoms with Gasteiger partial charge in [0.05, 0.1) is 12.7 Å². The van der Waals surface area contributed by atoms with Crippen LogP contribution in [-0.2, 0) is 4.74 Å². The number of hydrogen-bond donors (Lipinski definition) is 1. The molecule has 220 valence electrons. The van der Waals surface area contributed by atoms with Crippen molar-refractivity contribution in [1.82, 2.24) is 10.2 Å². The van der Waals surface area contributed by atoms with Crippen LogP contribution in [0.2, 0.25) is 0 Å². The summed E-state index contributed by atoms with van der Waals surface area (Å²) >= 11 is 0. The number of piperazine rings is 1. The highest BCUT2D eigenvalue weighted by molar-refractivity contribution is 5.95. The average molecular weight is 563 g/mol. The molecule has 0 aromatic heterocycles. The van der Waals surface area contributed by atoms with Crippen molar-refractivity contribution in [2.75, 3.05) is 38.2 Å². The normalized spacial score (nSPS) is 21.2. The van der Waals surface area contributed by atoms with Crippen molar-refractivity contribution in [2.45, 2.75) is 66.2 Å². The van der Waals surface area contributed by atoms with Crippen LogP contribution in [0, 0.1) is 22.2 Å². The molecule has 0 spiro atoms. The van der Waals surface area contributed by atoms with Crippen LogP contribution >= 0.6 is 0 Å². The number of ether oxygens (including phenoxy) is 3. The number of rotatable bonds is 6. The van der Waals surface area contributed by atoms with Crippen LogP contribution in [0.4, 0.5) is 10.5 Å². The van der Waals surface area contributed by atoms with Crippen molar-refractivity contribution in [3.8, 4) is 17.6 Å². The summed E-state index contributed by atoms with van der Waals surface area (Å²) in [5.74, 6) is 0.966. The molecule has 2 aromatic rings. The Morgan fingerprint density at radius 1 is 0.976 bits per heavy atom. The van der Waals surface area contributed by atoms with Gasteiger partial charge in [-0.15, -0.1) is 0 Å². The number of carbonyl (C=O) groups is 2. The molecule has 1 heterocycles. The molecule has 2 aromatic carbocycles. The SMILES string of the molecule is COc1cc(OC2C(C)(C)C(NC(=O)c3ccc(N4CCN(C(=O)OC(C)(C)C)CC4)cc3)C2(C)C)ccc1C#N. The zero-order valence-corrected chi connectivity index (χ0v) is 25.4. The van der Waals surface area contributed by atoms with Gasteiger partial charge in [-0.3, -0.25) is 4.79 Å². The molecular formula is C32H42N4O5. The number of benzene rings is 2. The van der Waals surface area contributed by atoms with Gasteiger partial charge in [0.2, 0.25) is 0 Å². The number of amides is 2. The van der Waals surface area contributed by atoms with Gasteiger partial charge in [-0.05, 0) is 57.2 Å². The highest BCUT2D eigenvalue weighted by atomic mass is 16.6. The first kappa shape index (κ1) is 30.0. The van der Waals surface area contributed by atoms with E-state index in [1.54, 1.807) is 23.1 Å². The lowest BCUT2D eigenvalue weighted by molar-refractivity contribution is -0.164. The first-order chi connectivity index (χ1) is 19.2. The molecule has 2 fully saturated rings. The molecule has 1 saturated heterocycles. The molecule has 1 N–H and O–H groups in total. The fourth-order valence-corrected chi connectivity index (χ4v) is 6.28. The fraction of sp³-hybridized carbons (Fsp3) is 0.531. The third-order valence-corrected chi connectivity index (χ3v) is 8.09. The van der Waals surface area contributed by atoms with Crippen LogP contribution < -0.4 is 19.7 Å². The van der Waals surface area contributed by atoms with Crippen LogP contribution in [0.3, 0.4) is 0 Å². The first-order valence-corrected chi connectivity index (χ1v) is 14.1. The topological polar surface area (TPSA) is 104 Å². The minimum absolute atomic E-state index is 0.117. The summed E-state index contributed by atoms with van der Waals surface area (Å²) in [5, 5.41) is 12.5. The van der Waals surface area contributed by atoms with E-state index >= 15 is 0 Å². The number of anilines is 1. The maximum absolute atomic E-state index is 13.3. The highest BCUT2D eigenvalue weighted by Gasteiger charge is 2.64. The molecule has 1 aliphatic carbocycles. The van der Waals surface area contributed by atoms with Gasteiger partial charge in [0.1, 0.15) is 29.3 Å². The minimum Gasteiger partial charge on any atom is -0.495 e. The second kappa shape index (κ2) is 11.2. The van der Waals surface area contributed by atoms with Gasteiger partial charge in [-0.25, -0.2) is 4.79 Å². The number of methoxy groups -OCH3 is 1. The van der Waals surface area contributed by atoms with Crippen molar-refractivity contribution < 1.29 is 23.8 Å². The lowest BCUT2D eigenvalue weighted by atomic mass is 9.49. The van der Waals surface area contributed by atoms with Crippen molar-refractivity contribution in [3.05, 3.63) is 53.6 Å². The van der Waals surface area contributed by atoms with Crippen molar-refractivity contribution in [1.29, 1.82) is 5.26 Å². The van der Waals surface area contributed by atoms with Gasteiger partial charge in [-0.2, -0.15) is 5.26 Å². The summed E-state index contributed by atoms with van der Waals surface area (Å²) in [6.07, 6.45) is -0.449. The molecule has 1 aliphatic heterocycles. The summed E-state index contributed by atoms with van der Waals surface area (Å²) in [6.45, 7) is 16.5. The van der Waals surface area contributed by atoms with Crippen LogP contribution in [0.5, 0.6) is 11.5 Å². The summed E-state index contributed by atoms with van der Waals surface area (Å²) in [6, 6.07) is 14.8. The standard InChI is InChI=1S/C32H42N4O5/c1-30(2,3)41-29(38)36-17-15-35(16-18-36)23-12-9-21(10-13-23)26(37)34-27-31(4,5)28(32(27,6)7)40-24-14-11-22(20-33)25(19-24)39-8/h9-14,19,27-28H,15-18H2,1-8H3,(H,34,37). The van der Waals surface area contributed by atoms with Gasteiger partial charge in [0.15, 0.2) is 0 Å². The number of hydrogen-bond acceptors (Lipinski definition) is 7. The summed E-state index contributed by atoms with van der Waals surface area (Å²) in [5.41, 5.74) is 0.866. The van der Waals surface area contributed by atoms with Crippen LogP contribution in [-0.4, -0.2) is 67.9 Å². The van der Waals surface area contributed by atoms with E-state index in [2.05, 4.69) is 44.0 Å². The van der Waals surface area contributed by atoms with E-state index in [9.17, 15) is 14.9 Å². The molecule has 1 saturated carbocycles. The minimum atomic E-state index is -0.512. The van der Waals surface area contributed by atoms with Crippen LogP contribution in [0.25, 0.3) is 0 Å². The Hall–Kier alpha value is -3.93. The van der Waals surface area contributed by atoms with E-state index in [1.807, 2.05) is 45.0 Å². The summed E-state index contributed by atoms with van der Waals surface area (Å²) < 4.78 is 17.2. The monoisotopic (exact) mass is 562 g/mol. The Kier molecular flexibility index (Phi) is 8.17. The lowest BCUT2D eigenvalue weighted by Crippen LogP contribution is -2.74. The molecular weight excluding hydrogens is 520 g/mol. The molecule has 0 radical (unpaired) electrons. The Labute approximate surface area is 243 Å². The zero-order chi connectivity index (χ0) is 30.2. The number of nitrogens with one attached hydrogen (secondary N) is 1. The van der Waals surface area contributed by atoms with E-state index in [4.69, 9.17) is 14.2 Å². The average Bonchev–Trinajstić information content (AvgIpc) is 2.93. The van der Waals surface area contributed by atoms with E-state index < -0.39 is 5.60 Å². The molecule has 0 atom stereocenters. The van der Waals surface area contributed by atoms with E-state index in [0.29, 0.717) is 48.8 Å². The van der Waals surface area contributed by atoms with E-state index in [-0.39, 0.29) is 35.0 Å². The molecule has 9 nitrogen and oxygen atoms in total. The number of nitriles is 1. The lowest BCUT2D eigenvalue weighted by Gasteiger charge is -2.63. The Balaban J connectivity index is 1.35. The van der Waals surface area contributed by atoms with Gasteiger partial charge < -0.3 is 29.3 Å². The van der Waals surface area contributed by atoms with Crippen LogP contribution in [0.1, 0.15) is 64.4 Å². The second-order valence-electron chi connectivity index (χ2n) is 13.0. The number of nitrogens with zero attached hydrogens (tertiary/aromatic N) is 3. The van der Waals surface area contributed by atoms with Gasteiger partial charge in [0, 0.05) is 60.4 Å². The molecule has 9 heteroatoms. The molecule has 2 aliphatic rings. The maximum atomic E-state index is 13.3. The second-order valence-corrected chi connectivity index (χ2v) is 13.0. The van der Waals surface area contributed by atoms with Gasteiger partial charge >= 0.3 is 6.09 Å². The molecule has 2 amide bonds. The highest BCUT2D eigenvalue weighted by Crippen LogP contribution is 2.55. The van der Waals surface area contributed by atoms with E-state index in [1.165, 1.54) is 7.11 Å². The fourth-order valence-electron chi connectivity index (χ4n) is 6.28. The van der Waals surface area contributed by atoms with Crippen molar-refractivity contribution >= 4 is 17.7 Å². The Morgan fingerprint density at radius 3 is 2.12 bits per heavy atom. The third-order valence-electron chi connectivity index (χ3n) is 8.09. The first-order valence-electron chi connectivity index (χ1n) is 14.1. The van der Waals surface area contributed by atoms with Gasteiger partial charge in [0.25, 0.3) is 5.91 Å². The third kappa shape index (κ3) is 6.22. The largest absolute Gasteiger partial charge is 0.495 e. The van der Waals surface area contributed by atoms with E-state index in [0.717, 1.165) is 5.69 Å². The zero-order valence-electron chi connectivity index (χ0n) is 25.4. The quantitative estimate of drug-likeness (QED) is 0.514. The molecule has 4 rings (SSSR count). The molecule has 41 heavy (non-hydrogen) atoms. The molecule has 0 unspecified atom stereocenters. The predicted molar refractivity (Wildman–Crippen MR) is 157 cm³/mol. The smallest absolute Gasteiger partial charge is 0.410 e.